The SMILES string of the molecule is CCc1ccc(-c2cc(C)c(-c3ccc(F)c4c3CC[C@H]4Oc3ccc4c(c3)OC[C@H]4CC(=O)O)c(C)c2)nn1. The summed E-state index contributed by atoms with van der Waals surface area (Å²) < 4.78 is 27.4. The summed E-state index contributed by atoms with van der Waals surface area (Å²) in [4.78, 5) is 11.2. The van der Waals surface area contributed by atoms with Gasteiger partial charge in [-0.05, 0) is 97.3 Å². The number of halogens is 1. The van der Waals surface area contributed by atoms with E-state index in [4.69, 9.17) is 14.6 Å². The molecule has 0 amide bonds. The molecule has 0 unspecified atom stereocenters. The summed E-state index contributed by atoms with van der Waals surface area (Å²) in [5, 5.41) is 17.9. The molecule has 2 aliphatic rings. The monoisotopic (exact) mass is 538 g/mol. The number of carbonyl (C=O) groups is 1. The summed E-state index contributed by atoms with van der Waals surface area (Å²) in [6, 6.07) is 17.2. The number of ether oxygens (including phenoxy) is 2. The van der Waals surface area contributed by atoms with E-state index < -0.39 is 12.1 Å². The van der Waals surface area contributed by atoms with Crippen LogP contribution in [0.4, 0.5) is 4.39 Å². The summed E-state index contributed by atoms with van der Waals surface area (Å²) in [5.41, 5.74) is 9.60. The van der Waals surface area contributed by atoms with Crippen LogP contribution in [0.1, 0.15) is 65.3 Å². The van der Waals surface area contributed by atoms with E-state index in [1.54, 1.807) is 12.1 Å². The molecule has 4 aromatic rings. The first kappa shape index (κ1) is 26.0. The quantitative estimate of drug-likeness (QED) is 0.269. The molecule has 0 saturated carbocycles. The molecule has 6 rings (SSSR count). The third kappa shape index (κ3) is 4.70. The highest BCUT2D eigenvalue weighted by Crippen LogP contribution is 2.45. The number of aliphatic carboxylic acids is 1. The smallest absolute Gasteiger partial charge is 0.304 e. The maximum atomic E-state index is 15.3. The van der Waals surface area contributed by atoms with Gasteiger partial charge in [-0.25, -0.2) is 4.39 Å². The van der Waals surface area contributed by atoms with E-state index >= 15 is 4.39 Å². The van der Waals surface area contributed by atoms with Crippen molar-refractivity contribution in [2.75, 3.05) is 6.61 Å². The topological polar surface area (TPSA) is 81.5 Å². The molecule has 0 bridgehead atoms. The van der Waals surface area contributed by atoms with E-state index in [-0.39, 0.29) is 18.2 Å². The van der Waals surface area contributed by atoms with Crippen molar-refractivity contribution in [2.24, 2.45) is 0 Å². The summed E-state index contributed by atoms with van der Waals surface area (Å²) in [6.07, 6.45) is 1.82. The van der Waals surface area contributed by atoms with Crippen LogP contribution in [0.5, 0.6) is 11.5 Å². The summed E-state index contributed by atoms with van der Waals surface area (Å²) in [7, 11) is 0. The molecule has 204 valence electrons. The Kier molecular flexibility index (Phi) is 6.74. The second-order valence-electron chi connectivity index (χ2n) is 10.7. The second kappa shape index (κ2) is 10.4. The van der Waals surface area contributed by atoms with Crippen LogP contribution in [0.15, 0.2) is 54.6 Å². The Morgan fingerprint density at radius 3 is 2.58 bits per heavy atom. The first-order chi connectivity index (χ1) is 19.3. The van der Waals surface area contributed by atoms with Gasteiger partial charge >= 0.3 is 5.97 Å². The van der Waals surface area contributed by atoms with Gasteiger partial charge in [-0.2, -0.15) is 10.2 Å². The lowest BCUT2D eigenvalue weighted by Crippen LogP contribution is -2.07. The first-order valence-corrected chi connectivity index (χ1v) is 13.7. The van der Waals surface area contributed by atoms with E-state index in [0.717, 1.165) is 56.8 Å². The van der Waals surface area contributed by atoms with Crippen LogP contribution in [0.3, 0.4) is 0 Å². The Morgan fingerprint density at radius 1 is 1.07 bits per heavy atom. The highest BCUT2D eigenvalue weighted by Gasteiger charge is 2.32. The van der Waals surface area contributed by atoms with Gasteiger partial charge in [0.15, 0.2) is 0 Å². The van der Waals surface area contributed by atoms with Crippen molar-refractivity contribution >= 4 is 5.97 Å². The molecule has 2 atom stereocenters. The molecule has 3 aromatic carbocycles. The predicted molar refractivity (Wildman–Crippen MR) is 150 cm³/mol. The van der Waals surface area contributed by atoms with E-state index in [0.29, 0.717) is 36.5 Å². The molecule has 7 heteroatoms. The van der Waals surface area contributed by atoms with Crippen molar-refractivity contribution in [1.29, 1.82) is 0 Å². The fraction of sp³-hybridized carbons (Fsp3) is 0.303. The lowest BCUT2D eigenvalue weighted by molar-refractivity contribution is -0.137. The predicted octanol–water partition coefficient (Wildman–Crippen LogP) is 7.15. The molecule has 0 radical (unpaired) electrons. The number of aryl methyl sites for hydroxylation is 3. The molecule has 1 aliphatic heterocycles. The number of benzene rings is 3. The lowest BCUT2D eigenvalue weighted by atomic mass is 9.88. The van der Waals surface area contributed by atoms with Crippen molar-refractivity contribution in [3.8, 4) is 33.9 Å². The number of hydrogen-bond acceptors (Lipinski definition) is 5. The number of carboxylic acids is 1. The minimum atomic E-state index is -0.852. The van der Waals surface area contributed by atoms with Crippen LogP contribution in [-0.4, -0.2) is 27.9 Å². The van der Waals surface area contributed by atoms with Crippen molar-refractivity contribution in [3.05, 3.63) is 93.9 Å². The molecule has 0 saturated heterocycles. The largest absolute Gasteiger partial charge is 0.492 e. The fourth-order valence-electron chi connectivity index (χ4n) is 6.14. The van der Waals surface area contributed by atoms with Gasteiger partial charge in [0.2, 0.25) is 0 Å². The van der Waals surface area contributed by atoms with E-state index in [9.17, 15) is 4.79 Å². The van der Waals surface area contributed by atoms with Crippen molar-refractivity contribution in [3.63, 3.8) is 0 Å². The number of fused-ring (bicyclic) bond motifs is 2. The molecule has 0 fully saturated rings. The van der Waals surface area contributed by atoms with Crippen LogP contribution in [0, 0.1) is 19.7 Å². The Labute approximate surface area is 232 Å². The number of aromatic nitrogens is 2. The molecule has 40 heavy (non-hydrogen) atoms. The average molecular weight is 539 g/mol. The van der Waals surface area contributed by atoms with E-state index in [1.165, 1.54) is 0 Å². The Morgan fingerprint density at radius 2 is 1.88 bits per heavy atom. The van der Waals surface area contributed by atoms with Gasteiger partial charge in [0.25, 0.3) is 0 Å². The molecule has 1 aliphatic carbocycles. The minimum Gasteiger partial charge on any atom is -0.492 e. The van der Waals surface area contributed by atoms with Crippen molar-refractivity contribution in [2.45, 2.75) is 58.5 Å². The van der Waals surface area contributed by atoms with Gasteiger partial charge in [-0.1, -0.05) is 19.1 Å². The van der Waals surface area contributed by atoms with E-state index in [2.05, 4.69) is 43.1 Å². The summed E-state index contributed by atoms with van der Waals surface area (Å²) >= 11 is 0. The molecule has 6 nitrogen and oxygen atoms in total. The molecular weight excluding hydrogens is 507 g/mol. The minimum absolute atomic E-state index is 0.0234. The van der Waals surface area contributed by atoms with Crippen LogP contribution in [0.2, 0.25) is 0 Å². The van der Waals surface area contributed by atoms with Gasteiger partial charge in [0.1, 0.15) is 23.4 Å². The average Bonchev–Trinajstić information content (AvgIpc) is 3.54. The number of hydrogen-bond donors (Lipinski definition) is 1. The Balaban J connectivity index is 1.30. The van der Waals surface area contributed by atoms with Gasteiger partial charge in [0, 0.05) is 28.7 Å². The second-order valence-corrected chi connectivity index (χ2v) is 10.7. The normalized spacial score (nSPS) is 17.3. The highest BCUT2D eigenvalue weighted by molar-refractivity contribution is 5.79. The van der Waals surface area contributed by atoms with Gasteiger partial charge < -0.3 is 14.6 Å². The zero-order valence-electron chi connectivity index (χ0n) is 22.8. The van der Waals surface area contributed by atoms with Gasteiger partial charge in [0.05, 0.1) is 24.4 Å². The maximum absolute atomic E-state index is 15.3. The zero-order valence-corrected chi connectivity index (χ0v) is 22.8. The van der Waals surface area contributed by atoms with Crippen LogP contribution in [0.25, 0.3) is 22.4 Å². The molecular formula is C33H31FN2O4. The van der Waals surface area contributed by atoms with Crippen molar-refractivity contribution < 1.29 is 23.8 Å². The molecule has 0 spiro atoms. The van der Waals surface area contributed by atoms with Gasteiger partial charge in [-0.15, -0.1) is 0 Å². The Hall–Kier alpha value is -4.26. The molecule has 2 heterocycles. The maximum Gasteiger partial charge on any atom is 0.304 e. The third-order valence-corrected chi connectivity index (χ3v) is 8.03. The zero-order chi connectivity index (χ0) is 28.0. The Bertz CT molecular complexity index is 1590. The fourth-order valence-corrected chi connectivity index (χ4v) is 6.14. The van der Waals surface area contributed by atoms with Gasteiger partial charge in [-0.3, -0.25) is 4.79 Å². The standard InChI is InChI=1S/C33H31FN2O4/c1-4-22-5-11-28(36-35-22)20-13-18(2)32(19(3)14-20)25-8-10-27(34)33-26(25)9-12-29(33)40-23-6-7-24-21(15-31(37)38)17-39-30(24)16-23/h5-8,10-11,13-14,16,21,29H,4,9,12,15,17H2,1-3H3,(H,37,38)/t21-,29-/m1/s1. The van der Waals surface area contributed by atoms with Crippen LogP contribution < -0.4 is 9.47 Å². The van der Waals surface area contributed by atoms with E-state index in [1.807, 2.05) is 30.3 Å². The van der Waals surface area contributed by atoms with Crippen LogP contribution >= 0.6 is 0 Å². The number of rotatable bonds is 7. The number of nitrogens with zero attached hydrogens (tertiary/aromatic N) is 2. The van der Waals surface area contributed by atoms with Crippen molar-refractivity contribution in [1.82, 2.24) is 10.2 Å². The first-order valence-electron chi connectivity index (χ1n) is 13.7. The lowest BCUT2D eigenvalue weighted by Gasteiger charge is -2.19. The van der Waals surface area contributed by atoms with Crippen LogP contribution in [-0.2, 0) is 17.6 Å². The molecule has 1 aromatic heterocycles. The third-order valence-electron chi connectivity index (χ3n) is 8.03. The highest BCUT2D eigenvalue weighted by atomic mass is 19.1. The summed E-state index contributed by atoms with van der Waals surface area (Å²) in [5.74, 6) is -0.0661. The molecule has 1 N–H and O–H groups in total. The summed E-state index contributed by atoms with van der Waals surface area (Å²) in [6.45, 7) is 6.56. The number of carboxylic acid groups (broad SMARTS) is 1.